The third-order valence-electron chi connectivity index (χ3n) is 5.37. The number of fused-ring (bicyclic) bond motifs is 4. The molecule has 0 spiro atoms. The first-order chi connectivity index (χ1) is 15.5. The average Bonchev–Trinajstić information content (AvgIpc) is 2.77. The van der Waals surface area contributed by atoms with E-state index in [0.29, 0.717) is 52.1 Å². The van der Waals surface area contributed by atoms with Gasteiger partial charge in [-0.2, -0.15) is 21.6 Å². The fourth-order valence-electron chi connectivity index (χ4n) is 3.79. The highest BCUT2D eigenvalue weighted by molar-refractivity contribution is 7.88. The zero-order valence-electron chi connectivity index (χ0n) is 17.6. The number of nitrogens with zero attached hydrogens (tertiary/aromatic N) is 1. The lowest BCUT2D eigenvalue weighted by molar-refractivity contribution is -0.0500. The first-order valence-electron chi connectivity index (χ1n) is 9.52. The molecule has 8 nitrogen and oxygen atoms in total. The van der Waals surface area contributed by atoms with E-state index in [1.54, 1.807) is 18.2 Å². The molecule has 1 aliphatic heterocycles. The molecule has 0 radical (unpaired) electrons. The lowest BCUT2D eigenvalue weighted by atomic mass is 9.95. The maximum Gasteiger partial charge on any atom is 0.534 e. The van der Waals surface area contributed by atoms with Gasteiger partial charge in [-0.1, -0.05) is 0 Å². The normalized spacial score (nSPS) is 13.3. The van der Waals surface area contributed by atoms with E-state index < -0.39 is 21.4 Å². The monoisotopic (exact) mass is 485 g/mol. The Bertz CT molecular complexity index is 1430. The van der Waals surface area contributed by atoms with Crippen LogP contribution in [-0.2, 0) is 23.1 Å². The Labute approximate surface area is 186 Å². The van der Waals surface area contributed by atoms with E-state index >= 15 is 0 Å². The van der Waals surface area contributed by atoms with Crippen LogP contribution in [0.15, 0.2) is 35.1 Å². The predicted octanol–water partition coefficient (Wildman–Crippen LogP) is 3.48. The van der Waals surface area contributed by atoms with Crippen molar-refractivity contribution in [3.63, 3.8) is 0 Å². The van der Waals surface area contributed by atoms with Crippen LogP contribution in [0.25, 0.3) is 22.0 Å². The molecule has 12 heteroatoms. The Balaban J connectivity index is 1.95. The molecule has 0 unspecified atom stereocenters. The van der Waals surface area contributed by atoms with Gasteiger partial charge in [0.15, 0.2) is 23.0 Å². The number of benzene rings is 2. The van der Waals surface area contributed by atoms with Crippen molar-refractivity contribution in [1.82, 2.24) is 4.57 Å². The molecule has 0 aliphatic carbocycles. The summed E-state index contributed by atoms with van der Waals surface area (Å²) in [5.41, 5.74) is -4.56. The van der Waals surface area contributed by atoms with Crippen LogP contribution in [0.2, 0.25) is 0 Å². The second-order valence-corrected chi connectivity index (χ2v) is 8.71. The van der Waals surface area contributed by atoms with E-state index in [2.05, 4.69) is 4.18 Å². The minimum atomic E-state index is -5.93. The van der Waals surface area contributed by atoms with E-state index in [4.69, 9.17) is 14.2 Å². The molecule has 0 N–H and O–H groups in total. The van der Waals surface area contributed by atoms with Crippen molar-refractivity contribution >= 4 is 20.9 Å². The fraction of sp³-hybridized carbons (Fsp3) is 0.286. The second kappa shape index (κ2) is 7.87. The lowest BCUT2D eigenvalue weighted by Crippen LogP contribution is -2.28. The molecule has 0 saturated carbocycles. The summed E-state index contributed by atoms with van der Waals surface area (Å²) in [6.45, 7) is 0.301. The predicted molar refractivity (Wildman–Crippen MR) is 113 cm³/mol. The number of aryl methyl sites for hydroxylation is 1. The van der Waals surface area contributed by atoms with Crippen LogP contribution in [0, 0.1) is 0 Å². The minimum absolute atomic E-state index is 0.176. The molecule has 0 saturated heterocycles. The van der Waals surface area contributed by atoms with Crippen molar-refractivity contribution in [3.8, 4) is 34.3 Å². The second-order valence-electron chi connectivity index (χ2n) is 7.17. The Morgan fingerprint density at radius 3 is 2.09 bits per heavy atom. The molecule has 1 aromatic heterocycles. The smallest absolute Gasteiger partial charge is 0.493 e. The number of methoxy groups -OCH3 is 3. The van der Waals surface area contributed by atoms with E-state index in [1.807, 2.05) is 0 Å². The van der Waals surface area contributed by atoms with Crippen LogP contribution in [0.4, 0.5) is 13.2 Å². The molecular formula is C21H18F3NO7S. The molecule has 2 aromatic carbocycles. The highest BCUT2D eigenvalue weighted by Crippen LogP contribution is 2.41. The molecule has 33 heavy (non-hydrogen) atoms. The van der Waals surface area contributed by atoms with Crippen LogP contribution < -0.4 is 24.0 Å². The molecule has 4 rings (SSSR count). The largest absolute Gasteiger partial charge is 0.534 e. The van der Waals surface area contributed by atoms with Crippen LogP contribution in [-0.4, -0.2) is 39.8 Å². The van der Waals surface area contributed by atoms with Gasteiger partial charge in [-0.3, -0.25) is 4.79 Å². The topological polar surface area (TPSA) is 93.1 Å². The lowest BCUT2D eigenvalue weighted by Gasteiger charge is -2.24. The number of alkyl halides is 3. The third-order valence-corrected chi connectivity index (χ3v) is 6.33. The van der Waals surface area contributed by atoms with Crippen LogP contribution >= 0.6 is 0 Å². The van der Waals surface area contributed by atoms with E-state index in [9.17, 15) is 26.4 Å². The first kappa shape index (κ1) is 22.8. The maximum absolute atomic E-state index is 13.2. The summed E-state index contributed by atoms with van der Waals surface area (Å²) in [4.78, 5) is 13.2. The number of rotatable bonds is 5. The summed E-state index contributed by atoms with van der Waals surface area (Å²) in [6.07, 6.45) is 0.365. The summed E-state index contributed by atoms with van der Waals surface area (Å²) in [6, 6.07) is 7.38. The summed E-state index contributed by atoms with van der Waals surface area (Å²) in [7, 11) is -1.85. The van der Waals surface area contributed by atoms with E-state index in [0.717, 1.165) is 6.07 Å². The Hall–Kier alpha value is -3.41. The van der Waals surface area contributed by atoms with Gasteiger partial charge in [-0.15, -0.1) is 0 Å². The van der Waals surface area contributed by atoms with Crippen molar-refractivity contribution in [2.75, 3.05) is 21.3 Å². The number of ether oxygens (including phenoxy) is 3. The molecule has 0 bridgehead atoms. The fourth-order valence-corrected chi connectivity index (χ4v) is 4.26. The number of hydrogen-bond acceptors (Lipinski definition) is 7. The number of halogens is 3. The zero-order chi connectivity index (χ0) is 24.1. The van der Waals surface area contributed by atoms with Gasteiger partial charge in [-0.05, 0) is 47.7 Å². The van der Waals surface area contributed by atoms with Gasteiger partial charge in [0.05, 0.1) is 32.4 Å². The van der Waals surface area contributed by atoms with Gasteiger partial charge in [0.25, 0.3) is 5.56 Å². The van der Waals surface area contributed by atoms with Crippen molar-refractivity contribution < 1.29 is 40.0 Å². The molecular weight excluding hydrogens is 467 g/mol. The zero-order valence-corrected chi connectivity index (χ0v) is 18.5. The summed E-state index contributed by atoms with van der Waals surface area (Å²) >= 11 is 0. The quantitative estimate of drug-likeness (QED) is 0.404. The van der Waals surface area contributed by atoms with Gasteiger partial charge in [0.1, 0.15) is 0 Å². The van der Waals surface area contributed by atoms with Crippen molar-refractivity contribution in [1.29, 1.82) is 0 Å². The molecule has 3 aromatic rings. The number of aromatic nitrogens is 1. The van der Waals surface area contributed by atoms with Crippen LogP contribution in [0.5, 0.6) is 23.0 Å². The third kappa shape index (κ3) is 3.73. The SMILES string of the molecule is COc1cc2cc3n(c(=O)c2cc1OC)CCc1cc(OC)c(OS(=O)(=O)C(F)(F)F)cc1-3. The van der Waals surface area contributed by atoms with Crippen LogP contribution in [0.3, 0.4) is 0 Å². The van der Waals surface area contributed by atoms with Gasteiger partial charge in [-0.25, -0.2) is 0 Å². The molecule has 0 amide bonds. The summed E-state index contributed by atoms with van der Waals surface area (Å²) in [5.74, 6) is -0.0523. The van der Waals surface area contributed by atoms with E-state index in [-0.39, 0.29) is 11.3 Å². The molecule has 1 aliphatic rings. The molecule has 2 heterocycles. The minimum Gasteiger partial charge on any atom is -0.493 e. The van der Waals surface area contributed by atoms with Gasteiger partial charge < -0.3 is 23.0 Å². The van der Waals surface area contributed by atoms with Crippen molar-refractivity contribution in [2.24, 2.45) is 0 Å². The number of hydrogen-bond donors (Lipinski definition) is 0. The molecule has 0 atom stereocenters. The molecule has 0 fully saturated rings. The standard InChI is InChI=1S/C21H18F3NO7S/c1-29-16-8-12-6-15-13-9-19(32-33(27,28)21(22,23)24)17(30-2)7-11(13)4-5-25(15)20(26)14(12)10-18(16)31-3/h6-10H,4-5H2,1-3H3. The van der Waals surface area contributed by atoms with E-state index in [1.165, 1.54) is 32.0 Å². The summed E-state index contributed by atoms with van der Waals surface area (Å²) in [5, 5.41) is 0.877. The number of pyridine rings is 1. The Morgan fingerprint density at radius 2 is 1.48 bits per heavy atom. The molecule has 176 valence electrons. The Morgan fingerprint density at radius 1 is 0.879 bits per heavy atom. The van der Waals surface area contributed by atoms with Gasteiger partial charge in [0, 0.05) is 12.1 Å². The highest BCUT2D eigenvalue weighted by atomic mass is 32.2. The van der Waals surface area contributed by atoms with Gasteiger partial charge in [0.2, 0.25) is 0 Å². The van der Waals surface area contributed by atoms with Crippen molar-refractivity contribution in [2.45, 2.75) is 18.5 Å². The van der Waals surface area contributed by atoms with Crippen molar-refractivity contribution in [3.05, 3.63) is 46.2 Å². The highest BCUT2D eigenvalue weighted by Gasteiger charge is 2.49. The Kier molecular flexibility index (Phi) is 5.43. The first-order valence-corrected chi connectivity index (χ1v) is 10.9. The average molecular weight is 485 g/mol. The van der Waals surface area contributed by atoms with Gasteiger partial charge >= 0.3 is 15.6 Å². The van der Waals surface area contributed by atoms with Crippen LogP contribution in [0.1, 0.15) is 5.56 Å². The summed E-state index contributed by atoms with van der Waals surface area (Å²) < 4.78 is 83.2. The maximum atomic E-state index is 13.2.